The van der Waals surface area contributed by atoms with Crippen molar-refractivity contribution in [3.8, 4) is 0 Å². The molecular formula is C22H44B3N3O3. The van der Waals surface area contributed by atoms with Crippen LogP contribution >= 0.6 is 0 Å². The van der Waals surface area contributed by atoms with Gasteiger partial charge in [-0.2, -0.15) is 0 Å². The third kappa shape index (κ3) is 17.7. The fourth-order valence-electron chi connectivity index (χ4n) is 3.41. The van der Waals surface area contributed by atoms with Crippen molar-refractivity contribution in [1.29, 1.82) is 5.41 Å². The zero-order valence-corrected chi connectivity index (χ0v) is 20.5. The van der Waals surface area contributed by atoms with E-state index in [1.54, 1.807) is 0 Å². The maximum absolute atomic E-state index is 12.1. The van der Waals surface area contributed by atoms with E-state index in [9.17, 15) is 9.59 Å². The lowest BCUT2D eigenvalue weighted by atomic mass is 9.48. The Labute approximate surface area is 192 Å². The number of unbranched alkanes of at least 4 members (excludes halogenated alkanes) is 11. The van der Waals surface area contributed by atoms with Crippen molar-refractivity contribution in [3.63, 3.8) is 0 Å². The fraction of sp³-hybridized carbons (Fsp3) is 0.773. The van der Waals surface area contributed by atoms with Crippen LogP contribution in [0.2, 0.25) is 0 Å². The van der Waals surface area contributed by atoms with Crippen molar-refractivity contribution in [2.75, 3.05) is 6.54 Å². The number of carboxylic acids is 1. The molecule has 0 aliphatic carbocycles. The summed E-state index contributed by atoms with van der Waals surface area (Å²) < 4.78 is 0. The standard InChI is InChI=1S/C22H44B3N3O3/c1-2-3-4-5-6-7-8-9-10-11-12-13-14-15-16-17-19(29)27-21(26)28(18-20(30)31)22(23,24)25/h9-10H,2-8,11-18,23-25H2,1H3,(H,30,31)(H2,26,27,29)/b10-9-. The number of hydrogen-bond donors (Lipinski definition) is 3. The minimum Gasteiger partial charge on any atom is -0.480 e. The van der Waals surface area contributed by atoms with Crippen LogP contribution in [-0.2, 0) is 9.59 Å². The molecule has 0 aliphatic rings. The Morgan fingerprint density at radius 3 is 1.87 bits per heavy atom. The third-order valence-electron chi connectivity index (χ3n) is 5.30. The summed E-state index contributed by atoms with van der Waals surface area (Å²) >= 11 is 0. The predicted octanol–water partition coefficient (Wildman–Crippen LogP) is 1.97. The zero-order chi connectivity index (χ0) is 23.5. The minimum atomic E-state index is -1.02. The van der Waals surface area contributed by atoms with Gasteiger partial charge < -0.3 is 10.0 Å². The van der Waals surface area contributed by atoms with Crippen LogP contribution in [0, 0.1) is 5.41 Å². The molecule has 0 aromatic carbocycles. The second-order valence-corrected chi connectivity index (χ2v) is 9.38. The quantitative estimate of drug-likeness (QED) is 0.102. The molecule has 31 heavy (non-hydrogen) atoms. The number of hydrogen-bond acceptors (Lipinski definition) is 3. The molecule has 0 spiro atoms. The van der Waals surface area contributed by atoms with E-state index in [0.717, 1.165) is 25.7 Å². The van der Waals surface area contributed by atoms with E-state index < -0.39 is 11.2 Å². The molecule has 0 aromatic heterocycles. The largest absolute Gasteiger partial charge is 0.480 e. The Morgan fingerprint density at radius 1 is 0.903 bits per heavy atom. The van der Waals surface area contributed by atoms with E-state index in [0.29, 0.717) is 6.42 Å². The van der Waals surface area contributed by atoms with E-state index in [1.165, 1.54) is 62.7 Å². The summed E-state index contributed by atoms with van der Waals surface area (Å²) in [6, 6.07) is 0. The Morgan fingerprint density at radius 2 is 1.39 bits per heavy atom. The molecule has 0 radical (unpaired) electrons. The molecule has 1 amide bonds. The molecule has 174 valence electrons. The first-order chi connectivity index (χ1) is 14.7. The van der Waals surface area contributed by atoms with Crippen LogP contribution in [0.4, 0.5) is 0 Å². The number of carboxylic acid groups (broad SMARTS) is 1. The number of aliphatic carboxylic acids is 1. The van der Waals surface area contributed by atoms with Gasteiger partial charge in [-0.25, -0.2) is 0 Å². The van der Waals surface area contributed by atoms with Gasteiger partial charge in [0.25, 0.3) is 0 Å². The van der Waals surface area contributed by atoms with Crippen molar-refractivity contribution in [2.24, 2.45) is 0 Å². The normalized spacial score (nSPS) is 11.5. The molecule has 0 heterocycles. The average molecular weight is 431 g/mol. The van der Waals surface area contributed by atoms with Crippen LogP contribution in [0.15, 0.2) is 12.2 Å². The van der Waals surface area contributed by atoms with Crippen molar-refractivity contribution in [1.82, 2.24) is 10.2 Å². The summed E-state index contributed by atoms with van der Waals surface area (Å²) in [6.45, 7) is 1.94. The summed E-state index contributed by atoms with van der Waals surface area (Å²) in [5, 5.41) is 19.1. The van der Waals surface area contributed by atoms with Crippen LogP contribution in [0.3, 0.4) is 0 Å². The minimum absolute atomic E-state index is 0.146. The van der Waals surface area contributed by atoms with Gasteiger partial charge in [-0.1, -0.05) is 70.4 Å². The van der Waals surface area contributed by atoms with Crippen molar-refractivity contribution in [2.45, 2.75) is 102 Å². The summed E-state index contributed by atoms with van der Waals surface area (Å²) in [6.07, 6.45) is 20.7. The number of allylic oxidation sites excluding steroid dienone is 2. The van der Waals surface area contributed by atoms with Gasteiger partial charge in [0.15, 0.2) is 5.96 Å². The SMILES string of the molecule is BC(B)(B)N(CC(=O)O)C(=N)NC(=O)CCCCCCC/C=C\CCCCCCCC. The van der Waals surface area contributed by atoms with Gasteiger partial charge in [0, 0.05) is 6.42 Å². The van der Waals surface area contributed by atoms with Crippen LogP contribution in [0.25, 0.3) is 0 Å². The van der Waals surface area contributed by atoms with Crippen molar-refractivity contribution >= 4 is 41.4 Å². The molecule has 0 aromatic rings. The first-order valence-electron chi connectivity index (χ1n) is 12.2. The van der Waals surface area contributed by atoms with Gasteiger partial charge in [0.05, 0.1) is 0 Å². The highest BCUT2D eigenvalue weighted by atomic mass is 16.4. The molecule has 9 heteroatoms. The van der Waals surface area contributed by atoms with Crippen LogP contribution in [0.5, 0.6) is 0 Å². The first-order valence-corrected chi connectivity index (χ1v) is 12.2. The lowest BCUT2D eigenvalue weighted by Gasteiger charge is -2.36. The molecule has 0 saturated carbocycles. The molecule has 0 bridgehead atoms. The molecule has 0 saturated heterocycles. The fourth-order valence-corrected chi connectivity index (χ4v) is 3.41. The first kappa shape index (κ1) is 29.3. The smallest absolute Gasteiger partial charge is 0.323 e. The van der Waals surface area contributed by atoms with E-state index in [2.05, 4.69) is 24.4 Å². The maximum atomic E-state index is 12.1. The average Bonchev–Trinajstić information content (AvgIpc) is 2.68. The van der Waals surface area contributed by atoms with Gasteiger partial charge in [-0.05, 0) is 37.3 Å². The number of nitrogens with zero attached hydrogens (tertiary/aromatic N) is 1. The molecule has 6 nitrogen and oxygen atoms in total. The van der Waals surface area contributed by atoms with Gasteiger partial charge in [0.2, 0.25) is 5.91 Å². The molecule has 0 atom stereocenters. The molecule has 0 unspecified atom stereocenters. The van der Waals surface area contributed by atoms with Gasteiger partial charge in [-0.3, -0.25) is 20.3 Å². The van der Waals surface area contributed by atoms with Crippen LogP contribution in [0.1, 0.15) is 96.8 Å². The number of guanidine groups is 1. The van der Waals surface area contributed by atoms with E-state index in [1.807, 2.05) is 23.5 Å². The Hall–Kier alpha value is -1.66. The zero-order valence-electron chi connectivity index (χ0n) is 20.5. The molecule has 0 rings (SSSR count). The van der Waals surface area contributed by atoms with E-state index in [-0.39, 0.29) is 18.4 Å². The van der Waals surface area contributed by atoms with Gasteiger partial charge >= 0.3 is 5.97 Å². The summed E-state index contributed by atoms with van der Waals surface area (Å²) in [5.74, 6) is -1.39. The highest BCUT2D eigenvalue weighted by molar-refractivity contribution is 6.59. The van der Waals surface area contributed by atoms with E-state index in [4.69, 9.17) is 10.5 Å². The highest BCUT2D eigenvalue weighted by Crippen LogP contribution is 2.10. The Balaban J connectivity index is 3.74. The number of amides is 1. The van der Waals surface area contributed by atoms with E-state index >= 15 is 0 Å². The Kier molecular flexibility index (Phi) is 17.0. The third-order valence-corrected chi connectivity index (χ3v) is 5.30. The second-order valence-electron chi connectivity index (χ2n) is 9.38. The molecular weight excluding hydrogens is 387 g/mol. The van der Waals surface area contributed by atoms with Crippen molar-refractivity contribution in [3.05, 3.63) is 12.2 Å². The van der Waals surface area contributed by atoms with Crippen molar-refractivity contribution < 1.29 is 14.7 Å². The molecule has 0 fully saturated rings. The second kappa shape index (κ2) is 18.0. The summed E-state index contributed by atoms with van der Waals surface area (Å²) in [5.41, 5.74) is 0. The number of nitrogens with one attached hydrogen (secondary N) is 2. The summed E-state index contributed by atoms with van der Waals surface area (Å²) in [4.78, 5) is 24.5. The number of rotatable bonds is 18. The lowest BCUT2D eigenvalue weighted by molar-refractivity contribution is -0.137. The monoisotopic (exact) mass is 431 g/mol. The lowest BCUT2D eigenvalue weighted by Crippen LogP contribution is -2.59. The van der Waals surface area contributed by atoms with Crippen LogP contribution < -0.4 is 5.32 Å². The summed E-state index contributed by atoms with van der Waals surface area (Å²) in [7, 11) is 5.46. The van der Waals surface area contributed by atoms with Gasteiger partial charge in [0.1, 0.15) is 30.1 Å². The number of carbonyl (C=O) groups is 2. The highest BCUT2D eigenvalue weighted by Gasteiger charge is 2.26. The van der Waals surface area contributed by atoms with Crippen LogP contribution in [-0.4, -0.2) is 63.2 Å². The number of carbonyl (C=O) groups excluding carboxylic acids is 1. The predicted molar refractivity (Wildman–Crippen MR) is 138 cm³/mol. The topological polar surface area (TPSA) is 93.5 Å². The Bertz CT molecular complexity index is 552. The molecule has 0 aliphatic heterocycles. The molecule has 3 N–H and O–H groups in total. The maximum Gasteiger partial charge on any atom is 0.323 e. The van der Waals surface area contributed by atoms with Gasteiger partial charge in [-0.15, -0.1) is 0 Å².